The van der Waals surface area contributed by atoms with E-state index in [1.165, 1.54) is 11.2 Å². The fourth-order valence-corrected chi connectivity index (χ4v) is 1.93. The molecular weight excluding hydrogens is 272 g/mol. The van der Waals surface area contributed by atoms with E-state index in [2.05, 4.69) is 4.98 Å². The molecule has 1 N–H and O–H groups in total. The molecule has 0 bridgehead atoms. The van der Waals surface area contributed by atoms with Gasteiger partial charge in [-0.2, -0.15) is 0 Å². The third kappa shape index (κ3) is 3.68. The fraction of sp³-hybridized carbons (Fsp3) is 0.267. The molecule has 1 aromatic carbocycles. The molecule has 0 atom stereocenters. The predicted molar refractivity (Wildman–Crippen MR) is 75.8 cm³/mol. The Morgan fingerprint density at radius 2 is 2.00 bits per heavy atom. The van der Waals surface area contributed by atoms with Crippen LogP contribution < -0.4 is 0 Å². The van der Waals surface area contributed by atoms with Crippen LogP contribution in [0, 0.1) is 0 Å². The minimum atomic E-state index is -1.05. The third-order valence-electron chi connectivity index (χ3n) is 2.85. The van der Waals surface area contributed by atoms with Crippen molar-refractivity contribution >= 4 is 11.9 Å². The first kappa shape index (κ1) is 14.8. The molecule has 1 heterocycles. The van der Waals surface area contributed by atoms with E-state index in [0.717, 1.165) is 5.56 Å². The Balaban J connectivity index is 2.19. The highest BCUT2D eigenvalue weighted by atomic mass is 16.4. The van der Waals surface area contributed by atoms with Crippen molar-refractivity contribution in [3.63, 3.8) is 0 Å². The predicted octanol–water partition coefficient (Wildman–Crippen LogP) is 2.28. The maximum absolute atomic E-state index is 12.3. The summed E-state index contributed by atoms with van der Waals surface area (Å²) in [5, 5.41) is 8.85. The van der Waals surface area contributed by atoms with E-state index in [9.17, 15) is 9.59 Å². The van der Waals surface area contributed by atoms with E-state index < -0.39 is 11.9 Å². The number of oxazole rings is 1. The standard InChI is InChI=1S/C15H16N2O4/c1-2-8-17(9-13(18)19)15(20)12-10-21-14(16-12)11-6-4-3-5-7-11/h3-7,10H,2,8-9H2,1H3,(H,18,19). The molecule has 0 radical (unpaired) electrons. The molecular formula is C15H16N2O4. The Hall–Kier alpha value is -2.63. The van der Waals surface area contributed by atoms with Crippen LogP contribution in [0.3, 0.4) is 0 Å². The summed E-state index contributed by atoms with van der Waals surface area (Å²) in [7, 11) is 0. The van der Waals surface area contributed by atoms with Gasteiger partial charge in [0.25, 0.3) is 5.91 Å². The van der Waals surface area contributed by atoms with Crippen LogP contribution in [-0.2, 0) is 4.79 Å². The maximum Gasteiger partial charge on any atom is 0.323 e. The van der Waals surface area contributed by atoms with Crippen molar-refractivity contribution in [2.45, 2.75) is 13.3 Å². The van der Waals surface area contributed by atoms with E-state index in [1.54, 1.807) is 0 Å². The average Bonchev–Trinajstić information content (AvgIpc) is 2.96. The molecule has 0 spiro atoms. The van der Waals surface area contributed by atoms with Crippen molar-refractivity contribution in [2.24, 2.45) is 0 Å². The molecule has 110 valence electrons. The Labute approximate surface area is 122 Å². The molecule has 1 amide bonds. The molecule has 2 aromatic rings. The second kappa shape index (κ2) is 6.69. The largest absolute Gasteiger partial charge is 0.480 e. The van der Waals surface area contributed by atoms with Crippen molar-refractivity contribution in [1.82, 2.24) is 9.88 Å². The first-order valence-electron chi connectivity index (χ1n) is 6.63. The molecule has 0 fully saturated rings. The zero-order chi connectivity index (χ0) is 15.2. The molecule has 0 unspecified atom stereocenters. The Morgan fingerprint density at radius 3 is 2.62 bits per heavy atom. The van der Waals surface area contributed by atoms with Crippen molar-refractivity contribution in [2.75, 3.05) is 13.1 Å². The Bertz CT molecular complexity index is 622. The normalized spacial score (nSPS) is 10.3. The molecule has 0 saturated heterocycles. The number of carboxylic acids is 1. The van der Waals surface area contributed by atoms with Gasteiger partial charge in [-0.1, -0.05) is 25.1 Å². The SMILES string of the molecule is CCCN(CC(=O)O)C(=O)c1coc(-c2ccccc2)n1. The molecule has 6 heteroatoms. The Kier molecular flexibility index (Phi) is 4.71. The summed E-state index contributed by atoms with van der Waals surface area (Å²) in [4.78, 5) is 28.4. The highest BCUT2D eigenvalue weighted by molar-refractivity contribution is 5.94. The smallest absolute Gasteiger partial charge is 0.323 e. The molecule has 2 rings (SSSR count). The van der Waals surface area contributed by atoms with Gasteiger partial charge < -0.3 is 14.4 Å². The van der Waals surface area contributed by atoms with Crippen LogP contribution in [0.1, 0.15) is 23.8 Å². The second-order valence-electron chi connectivity index (χ2n) is 4.52. The van der Waals surface area contributed by atoms with Crippen LogP contribution in [0.15, 0.2) is 41.0 Å². The summed E-state index contributed by atoms with van der Waals surface area (Å²) in [6, 6.07) is 9.19. The summed E-state index contributed by atoms with van der Waals surface area (Å²) >= 11 is 0. The lowest BCUT2D eigenvalue weighted by atomic mass is 10.2. The van der Waals surface area contributed by atoms with Crippen LogP contribution in [-0.4, -0.2) is 40.0 Å². The molecule has 0 aliphatic carbocycles. The first-order valence-corrected chi connectivity index (χ1v) is 6.63. The molecule has 6 nitrogen and oxygen atoms in total. The monoisotopic (exact) mass is 288 g/mol. The molecule has 0 aliphatic rings. The van der Waals surface area contributed by atoms with Gasteiger partial charge in [-0.3, -0.25) is 9.59 Å². The van der Waals surface area contributed by atoms with Crippen LogP contribution in [0.25, 0.3) is 11.5 Å². The summed E-state index contributed by atoms with van der Waals surface area (Å²) in [5.74, 6) is -1.15. The number of amides is 1. The van der Waals surface area contributed by atoms with E-state index in [1.807, 2.05) is 37.3 Å². The topological polar surface area (TPSA) is 83.6 Å². The molecule has 0 aliphatic heterocycles. The zero-order valence-corrected chi connectivity index (χ0v) is 11.7. The van der Waals surface area contributed by atoms with Gasteiger partial charge in [0, 0.05) is 12.1 Å². The van der Waals surface area contributed by atoms with E-state index in [4.69, 9.17) is 9.52 Å². The lowest BCUT2D eigenvalue weighted by Gasteiger charge is -2.18. The van der Waals surface area contributed by atoms with Crippen molar-refractivity contribution < 1.29 is 19.1 Å². The summed E-state index contributed by atoms with van der Waals surface area (Å²) in [6.07, 6.45) is 1.93. The van der Waals surface area contributed by atoms with Crippen LogP contribution >= 0.6 is 0 Å². The number of hydrogen-bond acceptors (Lipinski definition) is 4. The summed E-state index contributed by atoms with van der Waals surface area (Å²) < 4.78 is 5.30. The zero-order valence-electron chi connectivity index (χ0n) is 11.7. The van der Waals surface area contributed by atoms with E-state index in [-0.39, 0.29) is 12.2 Å². The minimum Gasteiger partial charge on any atom is -0.480 e. The number of hydrogen-bond donors (Lipinski definition) is 1. The highest BCUT2D eigenvalue weighted by Gasteiger charge is 2.21. The summed E-state index contributed by atoms with van der Waals surface area (Å²) in [5.41, 5.74) is 0.875. The number of aliphatic carboxylic acids is 1. The number of carbonyl (C=O) groups is 2. The maximum atomic E-state index is 12.3. The average molecular weight is 288 g/mol. The van der Waals surface area contributed by atoms with E-state index in [0.29, 0.717) is 18.9 Å². The first-order chi connectivity index (χ1) is 10.1. The number of carbonyl (C=O) groups excluding carboxylic acids is 1. The van der Waals surface area contributed by atoms with Crippen LogP contribution in [0.5, 0.6) is 0 Å². The van der Waals surface area contributed by atoms with E-state index >= 15 is 0 Å². The third-order valence-corrected chi connectivity index (χ3v) is 2.85. The number of benzene rings is 1. The van der Waals surface area contributed by atoms with Crippen LogP contribution in [0.2, 0.25) is 0 Å². The molecule has 0 saturated carbocycles. The van der Waals surface area contributed by atoms with Crippen molar-refractivity contribution in [1.29, 1.82) is 0 Å². The van der Waals surface area contributed by atoms with Gasteiger partial charge >= 0.3 is 5.97 Å². The number of aromatic nitrogens is 1. The van der Waals surface area contributed by atoms with Gasteiger partial charge in [0.2, 0.25) is 5.89 Å². The van der Waals surface area contributed by atoms with Gasteiger partial charge in [0.15, 0.2) is 5.69 Å². The Morgan fingerprint density at radius 1 is 1.29 bits per heavy atom. The lowest BCUT2D eigenvalue weighted by Crippen LogP contribution is -2.36. The second-order valence-corrected chi connectivity index (χ2v) is 4.52. The van der Waals surface area contributed by atoms with Gasteiger partial charge in [0.05, 0.1) is 0 Å². The quantitative estimate of drug-likeness (QED) is 0.881. The number of rotatable bonds is 6. The fourth-order valence-electron chi connectivity index (χ4n) is 1.93. The molecule has 1 aromatic heterocycles. The number of carboxylic acid groups (broad SMARTS) is 1. The van der Waals surface area contributed by atoms with Gasteiger partial charge in [-0.05, 0) is 18.6 Å². The molecule has 21 heavy (non-hydrogen) atoms. The van der Waals surface area contributed by atoms with Gasteiger partial charge in [-0.15, -0.1) is 0 Å². The van der Waals surface area contributed by atoms with Crippen molar-refractivity contribution in [3.8, 4) is 11.5 Å². The summed E-state index contributed by atoms with van der Waals surface area (Å²) in [6.45, 7) is 1.89. The minimum absolute atomic E-state index is 0.114. The van der Waals surface area contributed by atoms with Crippen molar-refractivity contribution in [3.05, 3.63) is 42.3 Å². The van der Waals surface area contributed by atoms with Crippen LogP contribution in [0.4, 0.5) is 0 Å². The lowest BCUT2D eigenvalue weighted by molar-refractivity contribution is -0.137. The number of nitrogens with zero attached hydrogens (tertiary/aromatic N) is 2. The van der Waals surface area contributed by atoms with Gasteiger partial charge in [-0.25, -0.2) is 4.98 Å². The highest BCUT2D eigenvalue weighted by Crippen LogP contribution is 2.18. The van der Waals surface area contributed by atoms with Gasteiger partial charge in [0.1, 0.15) is 12.8 Å².